The van der Waals surface area contributed by atoms with Crippen molar-refractivity contribution < 1.29 is 29.7 Å². The molecule has 0 aliphatic heterocycles. The predicted octanol–water partition coefficient (Wildman–Crippen LogP) is 2.19. The van der Waals surface area contributed by atoms with E-state index < -0.39 is 17.9 Å². The van der Waals surface area contributed by atoms with Crippen LogP contribution in [0.1, 0.15) is 60.3 Å². The lowest BCUT2D eigenvalue weighted by Gasteiger charge is -2.02. The van der Waals surface area contributed by atoms with Crippen LogP contribution in [-0.2, 0) is 14.4 Å². The molecule has 0 aromatic carbocycles. The Balaban J connectivity index is -0.000000107. The molecule has 0 unspecified atom stereocenters. The molecule has 0 rings (SSSR count). The van der Waals surface area contributed by atoms with E-state index in [9.17, 15) is 9.59 Å². The predicted molar refractivity (Wildman–Crippen MR) is 85.3 cm³/mol. The first-order valence-electron chi connectivity index (χ1n) is 6.82. The van der Waals surface area contributed by atoms with Gasteiger partial charge in [-0.05, 0) is 25.7 Å². The molecule has 0 spiro atoms. The van der Waals surface area contributed by atoms with E-state index in [4.69, 9.17) is 20.1 Å². The maximum absolute atomic E-state index is 10.2. The molecule has 0 aliphatic rings. The zero-order valence-electron chi connectivity index (χ0n) is 13.0. The second kappa shape index (κ2) is 19.2. The zero-order chi connectivity index (χ0) is 16.7. The van der Waals surface area contributed by atoms with Crippen LogP contribution in [0.25, 0.3) is 0 Å². The standard InChI is InChI=1S/2C6H12O2.C2H4O2.Mg.2H/c2*1-3-5(4-2)6(7)8;1-2(3)4;;;/h2*5H,3-4H2,1-2H3,(H,7,8);1H3,(H,3,4);;;. The molecule has 0 saturated carbocycles. The molecule has 21 heavy (non-hydrogen) atoms. The fourth-order valence-corrected chi connectivity index (χ4v) is 1.28. The summed E-state index contributed by atoms with van der Waals surface area (Å²) in [6.45, 7) is 8.65. The van der Waals surface area contributed by atoms with Gasteiger partial charge in [-0.2, -0.15) is 0 Å². The van der Waals surface area contributed by atoms with Crippen molar-refractivity contribution in [2.24, 2.45) is 11.8 Å². The summed E-state index contributed by atoms with van der Waals surface area (Å²) < 4.78 is 0. The number of carbonyl (C=O) groups is 3. The number of rotatable bonds is 6. The van der Waals surface area contributed by atoms with Gasteiger partial charge in [-0.3, -0.25) is 14.4 Å². The Kier molecular flexibility index (Phi) is 25.9. The van der Waals surface area contributed by atoms with E-state index in [0.717, 1.165) is 32.6 Å². The lowest BCUT2D eigenvalue weighted by atomic mass is 10.1. The molecule has 124 valence electrons. The average molecular weight is 319 g/mol. The van der Waals surface area contributed by atoms with Gasteiger partial charge in [0.2, 0.25) is 0 Å². The van der Waals surface area contributed by atoms with Crippen LogP contribution in [0, 0.1) is 11.8 Å². The summed E-state index contributed by atoms with van der Waals surface area (Å²) in [6, 6.07) is 0. The molecule has 0 atom stereocenters. The topological polar surface area (TPSA) is 112 Å². The lowest BCUT2D eigenvalue weighted by Crippen LogP contribution is -2.10. The molecule has 0 heterocycles. The number of hydrogen-bond donors (Lipinski definition) is 3. The summed E-state index contributed by atoms with van der Waals surface area (Å²) in [5.41, 5.74) is 0. The molecule has 0 aliphatic carbocycles. The van der Waals surface area contributed by atoms with Gasteiger partial charge in [-0.15, -0.1) is 0 Å². The Morgan fingerprint density at radius 3 is 0.857 bits per heavy atom. The van der Waals surface area contributed by atoms with E-state index in [2.05, 4.69) is 0 Å². The summed E-state index contributed by atoms with van der Waals surface area (Å²) in [5.74, 6) is -2.44. The van der Waals surface area contributed by atoms with Crippen molar-refractivity contribution in [1.29, 1.82) is 0 Å². The molecule has 0 saturated heterocycles. The Labute approximate surface area is 143 Å². The second-order valence-corrected chi connectivity index (χ2v) is 4.22. The molecular weight excluding hydrogens is 288 g/mol. The van der Waals surface area contributed by atoms with Crippen molar-refractivity contribution in [2.45, 2.75) is 60.3 Å². The fraction of sp³-hybridized carbons (Fsp3) is 0.786. The summed E-state index contributed by atoms with van der Waals surface area (Å²) >= 11 is 0. The van der Waals surface area contributed by atoms with Gasteiger partial charge in [0.15, 0.2) is 0 Å². The smallest absolute Gasteiger partial charge is 0.316 e. The van der Waals surface area contributed by atoms with Gasteiger partial charge in [0.1, 0.15) is 0 Å². The zero-order valence-corrected chi connectivity index (χ0v) is 13.0. The van der Waals surface area contributed by atoms with Crippen molar-refractivity contribution >= 4 is 41.0 Å². The highest BCUT2D eigenvalue weighted by atomic mass is 24.3. The molecule has 0 amide bonds. The van der Waals surface area contributed by atoms with Crippen molar-refractivity contribution in [3.05, 3.63) is 0 Å². The molecular formula is C14H30MgO6. The molecule has 0 radical (unpaired) electrons. The lowest BCUT2D eigenvalue weighted by molar-refractivity contribution is -0.142. The number of hydrogen-bond acceptors (Lipinski definition) is 3. The van der Waals surface area contributed by atoms with Crippen molar-refractivity contribution in [3.63, 3.8) is 0 Å². The van der Waals surface area contributed by atoms with Crippen LogP contribution in [-0.4, -0.2) is 56.3 Å². The highest BCUT2D eigenvalue weighted by Gasteiger charge is 2.10. The SMILES string of the molecule is CC(=O)O.CCC(CC)C(=O)O.CCC(CC)C(=O)O.[MgH2]. The van der Waals surface area contributed by atoms with E-state index in [-0.39, 0.29) is 34.9 Å². The van der Waals surface area contributed by atoms with Crippen LogP contribution in [0.2, 0.25) is 0 Å². The highest BCUT2D eigenvalue weighted by molar-refractivity contribution is 5.75. The van der Waals surface area contributed by atoms with Crippen molar-refractivity contribution in [2.75, 3.05) is 0 Å². The van der Waals surface area contributed by atoms with E-state index >= 15 is 0 Å². The van der Waals surface area contributed by atoms with E-state index in [1.807, 2.05) is 27.7 Å². The molecule has 3 N–H and O–H groups in total. The van der Waals surface area contributed by atoms with Crippen molar-refractivity contribution in [1.82, 2.24) is 0 Å². The van der Waals surface area contributed by atoms with Gasteiger partial charge in [0, 0.05) is 6.92 Å². The monoisotopic (exact) mass is 318 g/mol. The third-order valence-electron chi connectivity index (χ3n) is 2.67. The third kappa shape index (κ3) is 24.6. The second-order valence-electron chi connectivity index (χ2n) is 4.22. The van der Waals surface area contributed by atoms with Gasteiger partial charge in [-0.1, -0.05) is 27.7 Å². The fourth-order valence-electron chi connectivity index (χ4n) is 1.28. The minimum absolute atomic E-state index is 0. The Bertz CT molecular complexity index is 247. The third-order valence-corrected chi connectivity index (χ3v) is 2.67. The van der Waals surface area contributed by atoms with Crippen LogP contribution in [0.4, 0.5) is 0 Å². The Hall–Kier alpha value is -0.824. The summed E-state index contributed by atoms with van der Waals surface area (Å²) in [6.07, 6.45) is 2.97. The minimum atomic E-state index is -0.833. The average Bonchev–Trinajstić information content (AvgIpc) is 2.31. The first kappa shape index (κ1) is 28.4. The normalized spacial score (nSPS) is 8.71. The van der Waals surface area contributed by atoms with E-state index in [1.165, 1.54) is 0 Å². The Morgan fingerprint density at radius 1 is 0.714 bits per heavy atom. The molecule has 0 aromatic heterocycles. The minimum Gasteiger partial charge on any atom is -0.481 e. The van der Waals surface area contributed by atoms with E-state index in [0.29, 0.717) is 0 Å². The van der Waals surface area contributed by atoms with Gasteiger partial charge in [-0.25, -0.2) is 0 Å². The van der Waals surface area contributed by atoms with Crippen LogP contribution >= 0.6 is 0 Å². The molecule has 6 nitrogen and oxygen atoms in total. The maximum atomic E-state index is 10.2. The first-order valence-corrected chi connectivity index (χ1v) is 6.82. The largest absolute Gasteiger partial charge is 0.481 e. The maximum Gasteiger partial charge on any atom is 0.316 e. The molecule has 0 fully saturated rings. The summed E-state index contributed by atoms with van der Waals surface area (Å²) in [4.78, 5) is 29.3. The highest BCUT2D eigenvalue weighted by Crippen LogP contribution is 2.06. The van der Waals surface area contributed by atoms with Crippen molar-refractivity contribution in [3.8, 4) is 0 Å². The van der Waals surface area contributed by atoms with Gasteiger partial charge in [0.25, 0.3) is 5.97 Å². The van der Waals surface area contributed by atoms with Crippen LogP contribution in [0.15, 0.2) is 0 Å². The van der Waals surface area contributed by atoms with Gasteiger partial charge < -0.3 is 15.3 Å². The number of carboxylic acid groups (broad SMARTS) is 3. The van der Waals surface area contributed by atoms with E-state index in [1.54, 1.807) is 0 Å². The van der Waals surface area contributed by atoms with Crippen LogP contribution < -0.4 is 0 Å². The Morgan fingerprint density at radius 2 is 0.857 bits per heavy atom. The van der Waals surface area contributed by atoms with Gasteiger partial charge >= 0.3 is 35.0 Å². The number of carboxylic acids is 3. The molecule has 0 bridgehead atoms. The quantitative estimate of drug-likeness (QED) is 0.647. The summed E-state index contributed by atoms with van der Waals surface area (Å²) in [5, 5.41) is 24.2. The number of aliphatic carboxylic acids is 3. The van der Waals surface area contributed by atoms with Crippen LogP contribution in [0.5, 0.6) is 0 Å². The molecule has 7 heteroatoms. The first-order chi connectivity index (χ1) is 9.17. The molecule has 0 aromatic rings. The van der Waals surface area contributed by atoms with Gasteiger partial charge in [0.05, 0.1) is 11.8 Å². The van der Waals surface area contributed by atoms with Crippen LogP contribution in [0.3, 0.4) is 0 Å². The summed E-state index contributed by atoms with van der Waals surface area (Å²) in [7, 11) is 0.